The molecule has 0 saturated carbocycles. The second-order valence-electron chi connectivity index (χ2n) is 5.56. The minimum absolute atomic E-state index is 0.135. The fourth-order valence-electron chi connectivity index (χ4n) is 2.53. The quantitative estimate of drug-likeness (QED) is 0.394. The highest BCUT2D eigenvalue weighted by atomic mass is 127. The van der Waals surface area contributed by atoms with Gasteiger partial charge < -0.3 is 4.74 Å². The fourth-order valence-corrected chi connectivity index (χ4v) is 3.35. The van der Waals surface area contributed by atoms with Crippen molar-refractivity contribution in [1.82, 2.24) is 5.32 Å². The molecule has 0 atom stereocenters. The van der Waals surface area contributed by atoms with Gasteiger partial charge in [0.1, 0.15) is 11.3 Å². The number of hydrogen-bond donors (Lipinski definition) is 1. The number of ether oxygens (including phenoxy) is 1. The molecule has 4 amide bonds. The average molecular weight is 497 g/mol. The molecule has 0 aromatic heterocycles. The summed E-state index contributed by atoms with van der Waals surface area (Å²) in [6, 6.07) is 10.7. The van der Waals surface area contributed by atoms with Gasteiger partial charge in [0.25, 0.3) is 11.8 Å². The first-order chi connectivity index (χ1) is 12.9. The lowest BCUT2D eigenvalue weighted by Crippen LogP contribution is -2.54. The molecule has 8 heteroatoms. The van der Waals surface area contributed by atoms with Crippen molar-refractivity contribution in [2.45, 2.75) is 6.92 Å². The number of anilines is 1. The number of nitrogens with zero attached hydrogens (tertiary/aromatic N) is 1. The molecular weight excluding hydrogens is 483 g/mol. The van der Waals surface area contributed by atoms with Crippen LogP contribution >= 0.6 is 34.2 Å². The first kappa shape index (κ1) is 19.4. The number of amides is 4. The Hall–Kier alpha value is -2.39. The zero-order valence-electron chi connectivity index (χ0n) is 14.2. The highest BCUT2D eigenvalue weighted by Gasteiger charge is 2.36. The Morgan fingerprint density at radius 3 is 2.48 bits per heavy atom. The van der Waals surface area contributed by atoms with Crippen molar-refractivity contribution < 1.29 is 19.1 Å². The summed E-state index contributed by atoms with van der Waals surface area (Å²) in [6.45, 7) is 2.43. The van der Waals surface area contributed by atoms with E-state index in [1.165, 1.54) is 18.2 Å². The number of carbonyl (C=O) groups excluding carboxylic acids is 3. The van der Waals surface area contributed by atoms with Crippen LogP contribution in [0.3, 0.4) is 0 Å². The van der Waals surface area contributed by atoms with Gasteiger partial charge in [0, 0.05) is 5.02 Å². The van der Waals surface area contributed by atoms with E-state index >= 15 is 0 Å². The van der Waals surface area contributed by atoms with Crippen LogP contribution in [-0.4, -0.2) is 24.5 Å². The van der Waals surface area contributed by atoms with Gasteiger partial charge in [-0.2, -0.15) is 0 Å². The Bertz CT molecular complexity index is 957. The molecule has 1 N–H and O–H groups in total. The number of barbiturate groups is 1. The van der Waals surface area contributed by atoms with Crippen LogP contribution in [0.15, 0.2) is 48.0 Å². The zero-order valence-corrected chi connectivity index (χ0v) is 17.1. The minimum Gasteiger partial charge on any atom is -0.493 e. The van der Waals surface area contributed by atoms with Gasteiger partial charge in [0.2, 0.25) is 0 Å². The molecule has 2 aromatic rings. The van der Waals surface area contributed by atoms with Crippen LogP contribution in [0.1, 0.15) is 12.5 Å². The Morgan fingerprint density at radius 2 is 1.85 bits per heavy atom. The minimum atomic E-state index is -0.800. The van der Waals surface area contributed by atoms with Crippen LogP contribution in [0.2, 0.25) is 5.02 Å². The van der Waals surface area contributed by atoms with Crippen molar-refractivity contribution in [3.05, 3.63) is 62.2 Å². The third kappa shape index (κ3) is 4.14. The van der Waals surface area contributed by atoms with Gasteiger partial charge in [-0.05, 0) is 77.6 Å². The molecule has 1 fully saturated rings. The first-order valence-corrected chi connectivity index (χ1v) is 9.45. The molecule has 138 valence electrons. The van der Waals surface area contributed by atoms with Gasteiger partial charge in [0.05, 0.1) is 15.9 Å². The van der Waals surface area contributed by atoms with Crippen molar-refractivity contribution in [3.63, 3.8) is 0 Å². The van der Waals surface area contributed by atoms with Crippen molar-refractivity contribution in [2.24, 2.45) is 0 Å². The van der Waals surface area contributed by atoms with Crippen LogP contribution < -0.4 is 15.0 Å². The third-order valence-electron chi connectivity index (χ3n) is 3.75. The lowest BCUT2D eigenvalue weighted by atomic mass is 10.1. The first-order valence-electron chi connectivity index (χ1n) is 8.00. The number of carbonyl (C=O) groups is 3. The number of nitrogens with one attached hydrogen (secondary N) is 1. The van der Waals surface area contributed by atoms with Crippen molar-refractivity contribution in [1.29, 1.82) is 0 Å². The summed E-state index contributed by atoms with van der Waals surface area (Å²) >= 11 is 7.97. The van der Waals surface area contributed by atoms with E-state index in [1.54, 1.807) is 30.3 Å². The monoisotopic (exact) mass is 496 g/mol. The predicted molar refractivity (Wildman–Crippen MR) is 111 cm³/mol. The van der Waals surface area contributed by atoms with Crippen LogP contribution in [0.25, 0.3) is 6.08 Å². The van der Waals surface area contributed by atoms with E-state index in [-0.39, 0.29) is 5.57 Å². The highest BCUT2D eigenvalue weighted by Crippen LogP contribution is 2.26. The largest absolute Gasteiger partial charge is 0.493 e. The van der Waals surface area contributed by atoms with E-state index in [0.717, 1.165) is 14.2 Å². The molecule has 1 heterocycles. The SMILES string of the molecule is CCOc1ccc(/C=C2\C(=O)NC(=O)N(c3ccc(Cl)cc3)C2=O)cc1I. The predicted octanol–water partition coefficient (Wildman–Crippen LogP) is 4.01. The van der Waals surface area contributed by atoms with Gasteiger partial charge in [-0.25, -0.2) is 9.69 Å². The molecule has 0 bridgehead atoms. The van der Waals surface area contributed by atoms with Gasteiger partial charge in [0.15, 0.2) is 0 Å². The van der Waals surface area contributed by atoms with Crippen molar-refractivity contribution >= 4 is 63.8 Å². The molecule has 0 spiro atoms. The van der Waals surface area contributed by atoms with Gasteiger partial charge in [-0.15, -0.1) is 0 Å². The summed E-state index contributed by atoms with van der Waals surface area (Å²) < 4.78 is 6.33. The Morgan fingerprint density at radius 1 is 1.15 bits per heavy atom. The van der Waals surface area contributed by atoms with Crippen LogP contribution in [0.5, 0.6) is 5.75 Å². The fraction of sp³-hybridized carbons (Fsp3) is 0.105. The molecule has 3 rings (SSSR count). The summed E-state index contributed by atoms with van der Waals surface area (Å²) in [4.78, 5) is 38.1. The van der Waals surface area contributed by atoms with Crippen molar-refractivity contribution in [3.8, 4) is 5.75 Å². The molecule has 1 saturated heterocycles. The highest BCUT2D eigenvalue weighted by molar-refractivity contribution is 14.1. The summed E-state index contributed by atoms with van der Waals surface area (Å²) in [7, 11) is 0. The van der Waals surface area contributed by atoms with Gasteiger partial charge in [-0.1, -0.05) is 17.7 Å². The van der Waals surface area contributed by atoms with E-state index in [2.05, 4.69) is 27.9 Å². The van der Waals surface area contributed by atoms with E-state index in [4.69, 9.17) is 16.3 Å². The maximum absolute atomic E-state index is 12.8. The summed E-state index contributed by atoms with van der Waals surface area (Å²) in [5.41, 5.74) is 0.831. The number of imide groups is 2. The second-order valence-corrected chi connectivity index (χ2v) is 7.16. The Balaban J connectivity index is 1.96. The van der Waals surface area contributed by atoms with E-state index < -0.39 is 17.8 Å². The van der Waals surface area contributed by atoms with E-state index in [9.17, 15) is 14.4 Å². The number of benzene rings is 2. The molecule has 0 aliphatic carbocycles. The maximum Gasteiger partial charge on any atom is 0.335 e. The average Bonchev–Trinajstić information content (AvgIpc) is 2.62. The molecule has 2 aromatic carbocycles. The third-order valence-corrected chi connectivity index (χ3v) is 4.85. The number of hydrogen-bond acceptors (Lipinski definition) is 4. The molecule has 0 unspecified atom stereocenters. The lowest BCUT2D eigenvalue weighted by Gasteiger charge is -2.26. The van der Waals surface area contributed by atoms with E-state index in [0.29, 0.717) is 22.9 Å². The topological polar surface area (TPSA) is 75.7 Å². The lowest BCUT2D eigenvalue weighted by molar-refractivity contribution is -0.122. The Labute approximate surface area is 174 Å². The molecule has 1 aliphatic heterocycles. The maximum atomic E-state index is 12.8. The number of halogens is 2. The Kier molecular flexibility index (Phi) is 5.81. The summed E-state index contributed by atoms with van der Waals surface area (Å²) in [5, 5.41) is 2.66. The van der Waals surface area contributed by atoms with Crippen LogP contribution in [-0.2, 0) is 9.59 Å². The molecule has 1 aliphatic rings. The summed E-state index contributed by atoms with van der Waals surface area (Å²) in [5.74, 6) is -0.716. The molecule has 27 heavy (non-hydrogen) atoms. The van der Waals surface area contributed by atoms with Crippen LogP contribution in [0, 0.1) is 3.57 Å². The normalized spacial score (nSPS) is 15.9. The van der Waals surface area contributed by atoms with E-state index in [1.807, 2.05) is 6.92 Å². The van der Waals surface area contributed by atoms with Crippen LogP contribution in [0.4, 0.5) is 10.5 Å². The summed E-state index contributed by atoms with van der Waals surface area (Å²) in [6.07, 6.45) is 1.45. The van der Waals surface area contributed by atoms with Gasteiger partial charge in [-0.3, -0.25) is 14.9 Å². The molecule has 0 radical (unpaired) electrons. The number of urea groups is 1. The van der Waals surface area contributed by atoms with Gasteiger partial charge >= 0.3 is 6.03 Å². The standard InChI is InChI=1S/C19H14ClIN2O4/c1-2-27-16-8-3-11(10-15(16)21)9-14-17(24)22-19(26)23(18(14)25)13-6-4-12(20)5-7-13/h3-10H,2H2,1H3,(H,22,24,26)/b14-9+. The zero-order chi connectivity index (χ0) is 19.6. The second kappa shape index (κ2) is 8.10. The molecule has 6 nitrogen and oxygen atoms in total. The smallest absolute Gasteiger partial charge is 0.335 e. The van der Waals surface area contributed by atoms with Crippen molar-refractivity contribution in [2.75, 3.05) is 11.5 Å². The number of rotatable bonds is 4. The molecular formula is C19H14ClIN2O4.